The zero-order chi connectivity index (χ0) is 20.0. The van der Waals surface area contributed by atoms with Crippen molar-refractivity contribution < 1.29 is 17.4 Å². The lowest BCUT2D eigenvalue weighted by Crippen LogP contribution is -2.17. The molecule has 0 bridgehead atoms. The molecule has 6 nitrogen and oxygen atoms in total. The number of carbonyl (C=O) groups is 1. The van der Waals surface area contributed by atoms with E-state index >= 15 is 0 Å². The van der Waals surface area contributed by atoms with Gasteiger partial charge in [0, 0.05) is 10.0 Å². The summed E-state index contributed by atoms with van der Waals surface area (Å²) in [7, 11) is -3.88. The molecule has 3 rings (SSSR count). The van der Waals surface area contributed by atoms with E-state index < -0.39 is 10.1 Å². The van der Waals surface area contributed by atoms with Gasteiger partial charge in [0.2, 0.25) is 0 Å². The molecule has 8 heteroatoms. The van der Waals surface area contributed by atoms with Gasteiger partial charge in [0.15, 0.2) is 0 Å². The molecule has 0 spiro atoms. The predicted octanol–water partition coefficient (Wildman–Crippen LogP) is 3.98. The summed E-state index contributed by atoms with van der Waals surface area (Å²) in [6, 6.07) is 21.1. The lowest BCUT2D eigenvalue weighted by molar-refractivity contribution is 0.0955. The van der Waals surface area contributed by atoms with Crippen LogP contribution in [0.15, 0.2) is 93.3 Å². The molecule has 0 aromatic heterocycles. The SMILES string of the molecule is O=C(N/N=C/c1ccc(OS(=O)(=O)c2ccccc2)cc1)c1ccc(Br)cc1. The molecule has 0 aliphatic rings. The monoisotopic (exact) mass is 458 g/mol. The van der Waals surface area contributed by atoms with Gasteiger partial charge in [0.25, 0.3) is 5.91 Å². The largest absolute Gasteiger partial charge is 0.379 e. The average Bonchev–Trinajstić information content (AvgIpc) is 2.70. The van der Waals surface area contributed by atoms with E-state index in [0.29, 0.717) is 11.1 Å². The van der Waals surface area contributed by atoms with E-state index in [1.807, 2.05) is 0 Å². The first kappa shape index (κ1) is 19.8. The first-order chi connectivity index (χ1) is 13.4. The summed E-state index contributed by atoms with van der Waals surface area (Å²) < 4.78 is 30.4. The van der Waals surface area contributed by atoms with Crippen molar-refractivity contribution in [2.75, 3.05) is 0 Å². The highest BCUT2D eigenvalue weighted by molar-refractivity contribution is 9.10. The molecular formula is C20H15BrN2O4S. The topological polar surface area (TPSA) is 84.8 Å². The number of amides is 1. The molecule has 0 saturated carbocycles. The van der Waals surface area contributed by atoms with E-state index in [1.54, 1.807) is 54.6 Å². The van der Waals surface area contributed by atoms with Crippen LogP contribution >= 0.6 is 15.9 Å². The van der Waals surface area contributed by atoms with Crippen molar-refractivity contribution in [2.45, 2.75) is 4.90 Å². The van der Waals surface area contributed by atoms with Crippen LogP contribution in [-0.4, -0.2) is 20.5 Å². The van der Waals surface area contributed by atoms with Crippen LogP contribution in [0.25, 0.3) is 0 Å². The Bertz CT molecular complexity index is 1080. The van der Waals surface area contributed by atoms with Gasteiger partial charge in [-0.2, -0.15) is 13.5 Å². The highest BCUT2D eigenvalue weighted by Gasteiger charge is 2.15. The summed E-state index contributed by atoms with van der Waals surface area (Å²) in [6.45, 7) is 0. The Morgan fingerprint density at radius 2 is 1.57 bits per heavy atom. The van der Waals surface area contributed by atoms with E-state index in [-0.39, 0.29) is 16.6 Å². The summed E-state index contributed by atoms with van der Waals surface area (Å²) in [5, 5.41) is 3.90. The minimum Gasteiger partial charge on any atom is -0.379 e. The Kier molecular flexibility index (Phi) is 6.23. The van der Waals surface area contributed by atoms with Crippen LogP contribution in [0.3, 0.4) is 0 Å². The minimum absolute atomic E-state index is 0.0799. The van der Waals surface area contributed by atoms with Crippen molar-refractivity contribution in [1.82, 2.24) is 5.43 Å². The number of hydrogen-bond donors (Lipinski definition) is 1. The molecule has 142 valence electrons. The van der Waals surface area contributed by atoms with Gasteiger partial charge in [0.05, 0.1) is 6.21 Å². The molecule has 0 aliphatic carbocycles. The maximum atomic E-state index is 12.2. The number of nitrogens with zero attached hydrogens (tertiary/aromatic N) is 1. The number of halogens is 1. The number of rotatable bonds is 6. The molecule has 1 N–H and O–H groups in total. The van der Waals surface area contributed by atoms with Crippen LogP contribution in [-0.2, 0) is 10.1 Å². The number of benzene rings is 3. The minimum atomic E-state index is -3.88. The van der Waals surface area contributed by atoms with Gasteiger partial charge in [-0.05, 0) is 66.2 Å². The summed E-state index contributed by atoms with van der Waals surface area (Å²) in [5.74, 6) is -0.155. The van der Waals surface area contributed by atoms with Crippen molar-refractivity contribution in [3.8, 4) is 5.75 Å². The number of carbonyl (C=O) groups excluding carboxylic acids is 1. The molecule has 3 aromatic carbocycles. The third kappa shape index (κ3) is 5.28. The number of hydrogen-bond acceptors (Lipinski definition) is 5. The normalized spacial score (nSPS) is 11.3. The Labute approximate surface area is 171 Å². The molecule has 0 heterocycles. The van der Waals surface area contributed by atoms with Crippen LogP contribution in [0.1, 0.15) is 15.9 Å². The van der Waals surface area contributed by atoms with Crippen molar-refractivity contribution >= 4 is 38.2 Å². The van der Waals surface area contributed by atoms with Crippen LogP contribution in [0.2, 0.25) is 0 Å². The van der Waals surface area contributed by atoms with E-state index in [2.05, 4.69) is 26.5 Å². The Morgan fingerprint density at radius 3 is 2.21 bits per heavy atom. The molecule has 0 unspecified atom stereocenters. The third-order valence-electron chi connectivity index (χ3n) is 3.60. The van der Waals surface area contributed by atoms with Crippen LogP contribution in [0, 0.1) is 0 Å². The van der Waals surface area contributed by atoms with E-state index in [0.717, 1.165) is 4.47 Å². The maximum Gasteiger partial charge on any atom is 0.339 e. The zero-order valence-corrected chi connectivity index (χ0v) is 16.9. The summed E-state index contributed by atoms with van der Waals surface area (Å²) >= 11 is 3.31. The molecule has 1 amide bonds. The van der Waals surface area contributed by atoms with Crippen molar-refractivity contribution in [3.05, 3.63) is 94.5 Å². The second-order valence-electron chi connectivity index (χ2n) is 5.63. The van der Waals surface area contributed by atoms with Gasteiger partial charge in [-0.25, -0.2) is 5.43 Å². The van der Waals surface area contributed by atoms with Crippen molar-refractivity contribution in [2.24, 2.45) is 5.10 Å². The third-order valence-corrected chi connectivity index (χ3v) is 5.39. The molecule has 0 saturated heterocycles. The van der Waals surface area contributed by atoms with Gasteiger partial charge >= 0.3 is 10.1 Å². The zero-order valence-electron chi connectivity index (χ0n) is 14.4. The maximum absolute atomic E-state index is 12.2. The fraction of sp³-hybridized carbons (Fsp3) is 0. The molecular weight excluding hydrogens is 444 g/mol. The fourth-order valence-corrected chi connectivity index (χ4v) is 3.42. The molecule has 0 radical (unpaired) electrons. The highest BCUT2D eigenvalue weighted by atomic mass is 79.9. The molecule has 28 heavy (non-hydrogen) atoms. The summed E-state index contributed by atoms with van der Waals surface area (Å²) in [6.07, 6.45) is 1.45. The van der Waals surface area contributed by atoms with Crippen molar-refractivity contribution in [1.29, 1.82) is 0 Å². The first-order valence-corrected chi connectivity index (χ1v) is 10.3. The smallest absolute Gasteiger partial charge is 0.339 e. The Morgan fingerprint density at radius 1 is 0.929 bits per heavy atom. The van der Waals surface area contributed by atoms with Gasteiger partial charge in [-0.1, -0.05) is 34.1 Å². The molecule has 0 fully saturated rings. The second kappa shape index (κ2) is 8.81. The second-order valence-corrected chi connectivity index (χ2v) is 8.09. The van der Waals surface area contributed by atoms with E-state index in [1.165, 1.54) is 30.5 Å². The Hall–Kier alpha value is -2.97. The lowest BCUT2D eigenvalue weighted by atomic mass is 10.2. The predicted molar refractivity (Wildman–Crippen MR) is 110 cm³/mol. The van der Waals surface area contributed by atoms with Crippen LogP contribution < -0.4 is 9.61 Å². The fourth-order valence-electron chi connectivity index (χ4n) is 2.20. The number of nitrogens with one attached hydrogen (secondary N) is 1. The number of hydrazone groups is 1. The lowest BCUT2D eigenvalue weighted by Gasteiger charge is -2.07. The average molecular weight is 459 g/mol. The van der Waals surface area contributed by atoms with Gasteiger partial charge in [-0.15, -0.1) is 0 Å². The van der Waals surface area contributed by atoms with E-state index in [9.17, 15) is 13.2 Å². The first-order valence-electron chi connectivity index (χ1n) is 8.13. The van der Waals surface area contributed by atoms with Crippen LogP contribution in [0.4, 0.5) is 0 Å². The standard InChI is InChI=1S/C20H15BrN2O4S/c21-17-10-8-16(9-11-17)20(24)23-22-14-15-6-12-18(13-7-15)27-28(25,26)19-4-2-1-3-5-19/h1-14H,(H,23,24)/b22-14+. The van der Waals surface area contributed by atoms with E-state index in [4.69, 9.17) is 4.18 Å². The summed E-state index contributed by atoms with van der Waals surface area (Å²) in [5.41, 5.74) is 3.58. The van der Waals surface area contributed by atoms with Crippen LogP contribution in [0.5, 0.6) is 5.75 Å². The molecule has 0 atom stereocenters. The summed E-state index contributed by atoms with van der Waals surface area (Å²) in [4.78, 5) is 12.0. The van der Waals surface area contributed by atoms with Gasteiger partial charge in [0.1, 0.15) is 10.6 Å². The highest BCUT2D eigenvalue weighted by Crippen LogP contribution is 2.18. The van der Waals surface area contributed by atoms with Gasteiger partial charge < -0.3 is 4.18 Å². The quantitative estimate of drug-likeness (QED) is 0.343. The molecule has 0 aliphatic heterocycles. The Balaban J connectivity index is 1.60. The van der Waals surface area contributed by atoms with Gasteiger partial charge in [-0.3, -0.25) is 4.79 Å². The molecule has 3 aromatic rings. The van der Waals surface area contributed by atoms with Crippen molar-refractivity contribution in [3.63, 3.8) is 0 Å².